The lowest BCUT2D eigenvalue weighted by atomic mass is 10.2. The molecule has 12 heavy (non-hydrogen) atoms. The standard InChI is InChI=1S/C8H17N3O/c1-6(2)8(12)11-5-4-10-7(3)9/h6H,4-5H2,1-3H3,(H2,9,10)(H,11,12). The molecular formula is C8H17N3O. The third-order valence-electron chi connectivity index (χ3n) is 1.30. The van der Waals surface area contributed by atoms with Gasteiger partial charge in [0.15, 0.2) is 0 Å². The molecule has 0 aromatic heterocycles. The number of aliphatic imine (C=N–C) groups is 1. The lowest BCUT2D eigenvalue weighted by molar-refractivity contribution is -0.123. The highest BCUT2D eigenvalue weighted by molar-refractivity contribution is 5.78. The molecule has 0 unspecified atom stereocenters. The highest BCUT2D eigenvalue weighted by Crippen LogP contribution is 1.89. The number of nitrogens with two attached hydrogens (primary N) is 1. The number of carbonyl (C=O) groups is 1. The maximum Gasteiger partial charge on any atom is 0.222 e. The zero-order valence-electron chi connectivity index (χ0n) is 7.92. The predicted octanol–water partition coefficient (Wildman–Crippen LogP) is 0.136. The SMILES string of the molecule is CC(N)=NCCNC(=O)C(C)C. The number of nitrogens with one attached hydrogen (secondary N) is 1. The molecule has 4 nitrogen and oxygen atoms in total. The van der Waals surface area contributed by atoms with Gasteiger partial charge in [-0.25, -0.2) is 0 Å². The maximum atomic E-state index is 11.0. The Morgan fingerprint density at radius 2 is 2.17 bits per heavy atom. The molecule has 3 N–H and O–H groups in total. The third-order valence-corrected chi connectivity index (χ3v) is 1.30. The van der Waals surface area contributed by atoms with Crippen molar-refractivity contribution in [3.05, 3.63) is 0 Å². The van der Waals surface area contributed by atoms with Crippen LogP contribution < -0.4 is 11.1 Å². The van der Waals surface area contributed by atoms with Gasteiger partial charge in [-0.1, -0.05) is 13.8 Å². The third kappa shape index (κ3) is 5.70. The van der Waals surface area contributed by atoms with Crippen molar-refractivity contribution in [3.8, 4) is 0 Å². The lowest BCUT2D eigenvalue weighted by Gasteiger charge is -2.05. The van der Waals surface area contributed by atoms with Gasteiger partial charge in [0.25, 0.3) is 0 Å². The molecule has 0 aromatic rings. The number of amides is 1. The van der Waals surface area contributed by atoms with Crippen molar-refractivity contribution in [2.75, 3.05) is 13.1 Å². The van der Waals surface area contributed by atoms with Gasteiger partial charge in [-0.05, 0) is 6.92 Å². The molecule has 0 spiro atoms. The molecule has 0 aliphatic heterocycles. The van der Waals surface area contributed by atoms with E-state index in [0.717, 1.165) is 0 Å². The Morgan fingerprint density at radius 1 is 1.58 bits per heavy atom. The first-order chi connectivity index (χ1) is 5.54. The molecule has 0 saturated carbocycles. The van der Waals surface area contributed by atoms with Crippen molar-refractivity contribution in [3.63, 3.8) is 0 Å². The number of hydrogen-bond acceptors (Lipinski definition) is 2. The quantitative estimate of drug-likeness (QED) is 0.359. The molecule has 0 aliphatic rings. The smallest absolute Gasteiger partial charge is 0.222 e. The Bertz CT molecular complexity index is 171. The molecule has 0 saturated heterocycles. The van der Waals surface area contributed by atoms with E-state index in [4.69, 9.17) is 5.73 Å². The number of amidine groups is 1. The van der Waals surface area contributed by atoms with Gasteiger partial charge in [-0.2, -0.15) is 0 Å². The summed E-state index contributed by atoms with van der Waals surface area (Å²) in [5.74, 6) is 0.640. The first kappa shape index (κ1) is 10.9. The van der Waals surface area contributed by atoms with Crippen LogP contribution in [0.25, 0.3) is 0 Å². The monoisotopic (exact) mass is 171 g/mol. The molecule has 0 atom stereocenters. The van der Waals surface area contributed by atoms with Crippen molar-refractivity contribution in [1.82, 2.24) is 5.32 Å². The van der Waals surface area contributed by atoms with Gasteiger partial charge in [0.2, 0.25) is 5.91 Å². The van der Waals surface area contributed by atoms with E-state index in [2.05, 4.69) is 10.3 Å². The molecular weight excluding hydrogens is 154 g/mol. The van der Waals surface area contributed by atoms with E-state index in [1.54, 1.807) is 6.92 Å². The fourth-order valence-electron chi connectivity index (χ4n) is 0.615. The van der Waals surface area contributed by atoms with Crippen LogP contribution >= 0.6 is 0 Å². The van der Waals surface area contributed by atoms with E-state index < -0.39 is 0 Å². The van der Waals surface area contributed by atoms with Gasteiger partial charge in [0.05, 0.1) is 12.4 Å². The lowest BCUT2D eigenvalue weighted by Crippen LogP contribution is -2.30. The molecule has 1 amide bonds. The number of hydrogen-bond donors (Lipinski definition) is 2. The minimum absolute atomic E-state index is 0.0351. The second-order valence-electron chi connectivity index (χ2n) is 2.97. The topological polar surface area (TPSA) is 67.5 Å². The average Bonchev–Trinajstić information content (AvgIpc) is 1.97. The van der Waals surface area contributed by atoms with Crippen LogP contribution in [0.2, 0.25) is 0 Å². The van der Waals surface area contributed by atoms with Crippen LogP contribution in [-0.4, -0.2) is 24.8 Å². The molecule has 0 fully saturated rings. The van der Waals surface area contributed by atoms with Crippen molar-refractivity contribution < 1.29 is 4.79 Å². The fraction of sp³-hybridized carbons (Fsp3) is 0.750. The number of nitrogens with zero attached hydrogens (tertiary/aromatic N) is 1. The molecule has 4 heteroatoms. The largest absolute Gasteiger partial charge is 0.388 e. The van der Waals surface area contributed by atoms with Crippen molar-refractivity contribution in [2.24, 2.45) is 16.6 Å². The minimum Gasteiger partial charge on any atom is -0.388 e. The van der Waals surface area contributed by atoms with E-state index in [0.29, 0.717) is 18.9 Å². The summed E-state index contributed by atoms with van der Waals surface area (Å²) in [6.45, 7) is 6.55. The second-order valence-corrected chi connectivity index (χ2v) is 2.97. The van der Waals surface area contributed by atoms with Crippen LogP contribution in [0.15, 0.2) is 4.99 Å². The minimum atomic E-state index is 0.0351. The Kier molecular flexibility index (Phi) is 5.08. The van der Waals surface area contributed by atoms with E-state index in [1.807, 2.05) is 13.8 Å². The first-order valence-electron chi connectivity index (χ1n) is 4.08. The summed E-state index contributed by atoms with van der Waals surface area (Å²) in [7, 11) is 0. The average molecular weight is 171 g/mol. The van der Waals surface area contributed by atoms with Crippen LogP contribution in [0, 0.1) is 5.92 Å². The van der Waals surface area contributed by atoms with Crippen molar-refractivity contribution in [2.45, 2.75) is 20.8 Å². The summed E-state index contributed by atoms with van der Waals surface area (Å²) in [6, 6.07) is 0. The summed E-state index contributed by atoms with van der Waals surface area (Å²) in [5, 5.41) is 2.74. The Morgan fingerprint density at radius 3 is 2.58 bits per heavy atom. The van der Waals surface area contributed by atoms with Gasteiger partial charge in [0, 0.05) is 12.5 Å². The second kappa shape index (κ2) is 5.57. The van der Waals surface area contributed by atoms with E-state index in [-0.39, 0.29) is 11.8 Å². The summed E-state index contributed by atoms with van der Waals surface area (Å²) in [4.78, 5) is 14.9. The van der Waals surface area contributed by atoms with Crippen LogP contribution in [0.5, 0.6) is 0 Å². The summed E-state index contributed by atoms with van der Waals surface area (Å²) >= 11 is 0. The van der Waals surface area contributed by atoms with Gasteiger partial charge < -0.3 is 11.1 Å². The van der Waals surface area contributed by atoms with E-state index in [9.17, 15) is 4.79 Å². The van der Waals surface area contributed by atoms with Gasteiger partial charge >= 0.3 is 0 Å². The van der Waals surface area contributed by atoms with Crippen LogP contribution in [0.1, 0.15) is 20.8 Å². The van der Waals surface area contributed by atoms with Gasteiger partial charge in [-0.15, -0.1) is 0 Å². The number of carbonyl (C=O) groups excluding carboxylic acids is 1. The van der Waals surface area contributed by atoms with Crippen LogP contribution in [-0.2, 0) is 4.79 Å². The Labute approximate surface area is 73.2 Å². The highest BCUT2D eigenvalue weighted by Gasteiger charge is 2.03. The van der Waals surface area contributed by atoms with Crippen LogP contribution in [0.4, 0.5) is 0 Å². The zero-order chi connectivity index (χ0) is 9.56. The number of rotatable bonds is 4. The zero-order valence-corrected chi connectivity index (χ0v) is 7.92. The van der Waals surface area contributed by atoms with Crippen molar-refractivity contribution >= 4 is 11.7 Å². The fourth-order valence-corrected chi connectivity index (χ4v) is 0.615. The van der Waals surface area contributed by atoms with Crippen molar-refractivity contribution in [1.29, 1.82) is 0 Å². The normalized spacial score (nSPS) is 11.8. The summed E-state index contributed by atoms with van der Waals surface area (Å²) in [6.07, 6.45) is 0. The van der Waals surface area contributed by atoms with Gasteiger partial charge in [0.1, 0.15) is 0 Å². The Hall–Kier alpha value is -1.06. The van der Waals surface area contributed by atoms with E-state index in [1.165, 1.54) is 0 Å². The molecule has 70 valence electrons. The predicted molar refractivity (Wildman–Crippen MR) is 50.0 cm³/mol. The molecule has 0 aliphatic carbocycles. The summed E-state index contributed by atoms with van der Waals surface area (Å²) in [5.41, 5.74) is 5.31. The molecule has 0 bridgehead atoms. The molecule has 0 heterocycles. The molecule has 0 radical (unpaired) electrons. The first-order valence-corrected chi connectivity index (χ1v) is 4.08. The Balaban J connectivity index is 3.45. The maximum absolute atomic E-state index is 11.0. The van der Waals surface area contributed by atoms with Gasteiger partial charge in [-0.3, -0.25) is 9.79 Å². The molecule has 0 aromatic carbocycles. The van der Waals surface area contributed by atoms with Crippen LogP contribution in [0.3, 0.4) is 0 Å². The van der Waals surface area contributed by atoms with E-state index >= 15 is 0 Å². The molecule has 0 rings (SSSR count). The highest BCUT2D eigenvalue weighted by atomic mass is 16.1. The summed E-state index contributed by atoms with van der Waals surface area (Å²) < 4.78 is 0.